The fourth-order valence-corrected chi connectivity index (χ4v) is 3.03. The Kier molecular flexibility index (Phi) is 2.87. The van der Waals surface area contributed by atoms with Gasteiger partial charge in [0, 0.05) is 12.8 Å². The minimum Gasteiger partial charge on any atom is -0.293 e. The van der Waals surface area contributed by atoms with Crippen molar-refractivity contribution in [1.82, 2.24) is 0 Å². The number of hydrogen-bond acceptors (Lipinski definition) is 2. The van der Waals surface area contributed by atoms with Crippen molar-refractivity contribution in [3.8, 4) is 0 Å². The quantitative estimate of drug-likeness (QED) is 0.704. The van der Waals surface area contributed by atoms with Crippen LogP contribution in [-0.2, 0) is 22.4 Å². The molecule has 0 saturated carbocycles. The van der Waals surface area contributed by atoms with E-state index in [0.29, 0.717) is 21.8 Å². The van der Waals surface area contributed by atoms with Gasteiger partial charge >= 0.3 is 0 Å². The van der Waals surface area contributed by atoms with E-state index in [4.69, 9.17) is 0 Å². The molecule has 3 rings (SSSR count). The van der Waals surface area contributed by atoms with Gasteiger partial charge < -0.3 is 0 Å². The number of ketones is 2. The molecule has 0 aromatic heterocycles. The zero-order valence-electron chi connectivity index (χ0n) is 9.30. The topological polar surface area (TPSA) is 34.1 Å². The Bertz CT molecular complexity index is 601. The molecule has 2 nitrogen and oxygen atoms in total. The molecule has 0 spiro atoms. The molecule has 0 N–H and O–H groups in total. The van der Waals surface area contributed by atoms with E-state index in [1.165, 1.54) is 0 Å². The number of rotatable bonds is 0. The molecular formula is C14H8Br2O2. The van der Waals surface area contributed by atoms with Crippen molar-refractivity contribution < 1.29 is 9.59 Å². The summed E-state index contributed by atoms with van der Waals surface area (Å²) in [5, 5.41) is 0. The van der Waals surface area contributed by atoms with Crippen LogP contribution >= 0.6 is 31.9 Å². The fraction of sp³-hybridized carbons (Fsp3) is 0.143. The Morgan fingerprint density at radius 2 is 1.22 bits per heavy atom. The third kappa shape index (κ3) is 1.93. The Morgan fingerprint density at radius 1 is 0.778 bits per heavy atom. The number of halogens is 2. The van der Waals surface area contributed by atoms with E-state index < -0.39 is 0 Å². The van der Waals surface area contributed by atoms with E-state index in [1.54, 1.807) is 0 Å². The molecule has 0 fully saturated rings. The van der Waals surface area contributed by atoms with E-state index in [0.717, 1.165) is 22.3 Å². The lowest BCUT2D eigenvalue weighted by Gasteiger charge is -2.18. The molecule has 0 saturated heterocycles. The molecule has 4 heteroatoms. The van der Waals surface area contributed by atoms with Crippen LogP contribution in [0.3, 0.4) is 0 Å². The van der Waals surface area contributed by atoms with Crippen LogP contribution in [0, 0.1) is 0 Å². The zero-order valence-corrected chi connectivity index (χ0v) is 12.5. The minimum absolute atomic E-state index is 0.0845. The SMILES string of the molecule is O=C1Cc2cc3c(cc2C=C1Br)C=C(Br)C(=O)C3. The van der Waals surface area contributed by atoms with Gasteiger partial charge in [0.2, 0.25) is 0 Å². The van der Waals surface area contributed by atoms with Crippen molar-refractivity contribution in [3.63, 3.8) is 0 Å². The van der Waals surface area contributed by atoms with Crippen LogP contribution in [0.2, 0.25) is 0 Å². The summed E-state index contributed by atoms with van der Waals surface area (Å²) in [6, 6.07) is 4.01. The lowest BCUT2D eigenvalue weighted by atomic mass is 9.88. The molecule has 0 aliphatic heterocycles. The van der Waals surface area contributed by atoms with Gasteiger partial charge in [0.1, 0.15) is 0 Å². The monoisotopic (exact) mass is 366 g/mol. The second-order valence-corrected chi connectivity index (χ2v) is 6.14. The van der Waals surface area contributed by atoms with E-state index in [2.05, 4.69) is 31.9 Å². The first-order valence-electron chi connectivity index (χ1n) is 5.51. The van der Waals surface area contributed by atoms with E-state index in [1.807, 2.05) is 24.3 Å². The van der Waals surface area contributed by atoms with Gasteiger partial charge in [-0.3, -0.25) is 9.59 Å². The molecule has 2 aliphatic carbocycles. The number of Topliss-reactive ketones (excluding diaryl/α,β-unsaturated/α-hetero) is 2. The third-order valence-electron chi connectivity index (χ3n) is 3.20. The van der Waals surface area contributed by atoms with Gasteiger partial charge in [-0.2, -0.15) is 0 Å². The number of allylic oxidation sites excluding steroid dienone is 2. The van der Waals surface area contributed by atoms with Crippen LogP contribution in [0.25, 0.3) is 12.2 Å². The van der Waals surface area contributed by atoms with Crippen LogP contribution in [0.15, 0.2) is 21.1 Å². The summed E-state index contributed by atoms with van der Waals surface area (Å²) in [4.78, 5) is 23.3. The number of carbonyl (C=O) groups is 2. The maximum atomic E-state index is 11.6. The lowest BCUT2D eigenvalue weighted by Crippen LogP contribution is -2.13. The van der Waals surface area contributed by atoms with Gasteiger partial charge in [-0.15, -0.1) is 0 Å². The Morgan fingerprint density at radius 3 is 1.67 bits per heavy atom. The molecule has 18 heavy (non-hydrogen) atoms. The fourth-order valence-electron chi connectivity index (χ4n) is 2.25. The summed E-state index contributed by atoms with van der Waals surface area (Å²) in [5.41, 5.74) is 4.10. The molecule has 90 valence electrons. The van der Waals surface area contributed by atoms with Crippen LogP contribution in [0.1, 0.15) is 22.3 Å². The molecule has 0 unspecified atom stereocenters. The van der Waals surface area contributed by atoms with Crippen molar-refractivity contribution in [3.05, 3.63) is 43.4 Å². The number of benzene rings is 1. The van der Waals surface area contributed by atoms with E-state index in [-0.39, 0.29) is 11.6 Å². The van der Waals surface area contributed by atoms with Crippen LogP contribution in [-0.4, -0.2) is 11.6 Å². The average molecular weight is 368 g/mol. The predicted octanol–water partition coefficient (Wildman–Crippen LogP) is 3.41. The highest BCUT2D eigenvalue weighted by Crippen LogP contribution is 2.32. The Hall–Kier alpha value is -1.00. The van der Waals surface area contributed by atoms with Crippen molar-refractivity contribution in [1.29, 1.82) is 0 Å². The van der Waals surface area contributed by atoms with Gasteiger partial charge in [0.25, 0.3) is 0 Å². The summed E-state index contributed by atoms with van der Waals surface area (Å²) in [7, 11) is 0. The van der Waals surface area contributed by atoms with E-state index in [9.17, 15) is 9.59 Å². The maximum absolute atomic E-state index is 11.6. The summed E-state index contributed by atoms with van der Waals surface area (Å²) >= 11 is 6.55. The first kappa shape index (κ1) is 12.1. The normalized spacial score (nSPS) is 17.9. The van der Waals surface area contributed by atoms with Crippen LogP contribution < -0.4 is 0 Å². The molecular weight excluding hydrogens is 360 g/mol. The number of hydrogen-bond donors (Lipinski definition) is 0. The second kappa shape index (κ2) is 4.28. The largest absolute Gasteiger partial charge is 0.293 e. The van der Waals surface area contributed by atoms with Gasteiger partial charge in [-0.1, -0.05) is 6.07 Å². The highest BCUT2D eigenvalue weighted by atomic mass is 79.9. The van der Waals surface area contributed by atoms with Gasteiger partial charge in [-0.25, -0.2) is 0 Å². The molecule has 0 radical (unpaired) electrons. The summed E-state index contributed by atoms with van der Waals surface area (Å²) in [5.74, 6) is 0.169. The molecule has 0 bridgehead atoms. The minimum atomic E-state index is 0.0845. The average Bonchev–Trinajstić information content (AvgIpc) is 2.31. The molecule has 0 heterocycles. The second-order valence-electron chi connectivity index (χ2n) is 4.43. The zero-order chi connectivity index (χ0) is 12.9. The first-order chi connectivity index (χ1) is 8.54. The molecule has 1 aromatic rings. The highest BCUT2D eigenvalue weighted by Gasteiger charge is 2.22. The highest BCUT2D eigenvalue weighted by molar-refractivity contribution is 9.12. The van der Waals surface area contributed by atoms with Crippen LogP contribution in [0.5, 0.6) is 0 Å². The standard InChI is InChI=1S/C14H8Br2O2/c15-11-3-7-1-8-4-12(16)14(18)6-10(8)2-9(7)5-13(11)17/h1-4H,5-6H2. The number of fused-ring (bicyclic) bond motifs is 2. The predicted molar refractivity (Wildman–Crippen MR) is 77.7 cm³/mol. The summed E-state index contributed by atoms with van der Waals surface area (Å²) < 4.78 is 1.23. The molecule has 2 aliphatic rings. The van der Waals surface area contributed by atoms with E-state index >= 15 is 0 Å². The van der Waals surface area contributed by atoms with Gasteiger partial charge in [0.05, 0.1) is 8.96 Å². The molecule has 1 aromatic carbocycles. The first-order valence-corrected chi connectivity index (χ1v) is 7.10. The van der Waals surface area contributed by atoms with Crippen molar-refractivity contribution >= 4 is 55.6 Å². The third-order valence-corrected chi connectivity index (χ3v) is 4.54. The Balaban J connectivity index is 2.18. The summed E-state index contributed by atoms with van der Waals surface area (Å²) in [6.07, 6.45) is 4.50. The lowest BCUT2D eigenvalue weighted by molar-refractivity contribution is -0.115. The Labute approximate surface area is 121 Å². The molecule has 0 atom stereocenters. The maximum Gasteiger partial charge on any atom is 0.174 e. The van der Waals surface area contributed by atoms with Gasteiger partial charge in [0.15, 0.2) is 11.6 Å². The van der Waals surface area contributed by atoms with Crippen molar-refractivity contribution in [2.75, 3.05) is 0 Å². The summed E-state index contributed by atoms with van der Waals surface area (Å²) in [6.45, 7) is 0. The smallest absolute Gasteiger partial charge is 0.174 e. The van der Waals surface area contributed by atoms with Crippen molar-refractivity contribution in [2.45, 2.75) is 12.8 Å². The van der Waals surface area contributed by atoms with Gasteiger partial charge in [-0.05, 0) is 72.3 Å². The van der Waals surface area contributed by atoms with Crippen molar-refractivity contribution in [2.24, 2.45) is 0 Å². The number of carbonyl (C=O) groups excluding carboxylic acids is 2. The van der Waals surface area contributed by atoms with Crippen LogP contribution in [0.4, 0.5) is 0 Å². The molecule has 0 amide bonds.